The van der Waals surface area contributed by atoms with Gasteiger partial charge in [-0.05, 0) is 12.8 Å². The highest BCUT2D eigenvalue weighted by atomic mass is 32.1. The SMILES string of the molecule is Cc1nc(C(C)C)c2c(C#N)cn(Cc3nccs3)c2n1. The third kappa shape index (κ3) is 2.41. The van der Waals surface area contributed by atoms with E-state index in [-0.39, 0.29) is 5.92 Å². The van der Waals surface area contributed by atoms with E-state index in [9.17, 15) is 5.26 Å². The fraction of sp³-hybridized carbons (Fsp3) is 0.333. The largest absolute Gasteiger partial charge is 0.324 e. The van der Waals surface area contributed by atoms with Gasteiger partial charge in [0.1, 0.15) is 22.5 Å². The number of hydrogen-bond donors (Lipinski definition) is 0. The molecule has 3 heterocycles. The zero-order chi connectivity index (χ0) is 15.0. The predicted molar refractivity (Wildman–Crippen MR) is 82.3 cm³/mol. The summed E-state index contributed by atoms with van der Waals surface area (Å²) in [5.41, 5.74) is 2.38. The Labute approximate surface area is 126 Å². The number of thiazole rings is 1. The zero-order valence-corrected chi connectivity index (χ0v) is 13.0. The van der Waals surface area contributed by atoms with E-state index in [0.717, 1.165) is 27.6 Å². The maximum absolute atomic E-state index is 9.42. The van der Waals surface area contributed by atoms with Crippen molar-refractivity contribution in [2.75, 3.05) is 0 Å². The Morgan fingerprint density at radius 3 is 2.81 bits per heavy atom. The fourth-order valence-electron chi connectivity index (χ4n) is 2.43. The minimum absolute atomic E-state index is 0.247. The lowest BCUT2D eigenvalue weighted by atomic mass is 10.0. The van der Waals surface area contributed by atoms with Gasteiger partial charge in [-0.1, -0.05) is 13.8 Å². The van der Waals surface area contributed by atoms with Gasteiger partial charge in [-0.2, -0.15) is 5.26 Å². The Morgan fingerprint density at radius 1 is 1.38 bits per heavy atom. The van der Waals surface area contributed by atoms with Crippen LogP contribution in [0.4, 0.5) is 0 Å². The first-order chi connectivity index (χ1) is 10.1. The molecule has 0 N–H and O–H groups in total. The molecule has 0 aromatic carbocycles. The molecular formula is C15H15N5S. The molecule has 0 aliphatic rings. The first kappa shape index (κ1) is 13.7. The van der Waals surface area contributed by atoms with E-state index in [0.29, 0.717) is 12.1 Å². The summed E-state index contributed by atoms with van der Waals surface area (Å²) in [6, 6.07) is 2.27. The van der Waals surface area contributed by atoms with Crippen molar-refractivity contribution < 1.29 is 0 Å². The van der Waals surface area contributed by atoms with Crippen molar-refractivity contribution in [2.45, 2.75) is 33.2 Å². The van der Waals surface area contributed by atoms with Crippen LogP contribution in [0.3, 0.4) is 0 Å². The van der Waals surface area contributed by atoms with Crippen molar-refractivity contribution in [3.8, 4) is 6.07 Å². The highest BCUT2D eigenvalue weighted by Gasteiger charge is 2.18. The molecule has 0 aliphatic heterocycles. The second kappa shape index (κ2) is 5.26. The molecule has 6 heteroatoms. The normalized spacial score (nSPS) is 11.2. The molecule has 0 amide bonds. The molecule has 0 saturated heterocycles. The summed E-state index contributed by atoms with van der Waals surface area (Å²) in [6.07, 6.45) is 3.64. The van der Waals surface area contributed by atoms with Crippen LogP contribution in [0.15, 0.2) is 17.8 Å². The molecule has 0 spiro atoms. The smallest absolute Gasteiger partial charge is 0.145 e. The minimum Gasteiger partial charge on any atom is -0.324 e. The van der Waals surface area contributed by atoms with Gasteiger partial charge < -0.3 is 4.57 Å². The molecule has 0 bridgehead atoms. The van der Waals surface area contributed by atoms with Crippen LogP contribution in [0.2, 0.25) is 0 Å². The second-order valence-electron chi connectivity index (χ2n) is 5.22. The maximum Gasteiger partial charge on any atom is 0.145 e. The van der Waals surface area contributed by atoms with E-state index in [1.54, 1.807) is 17.5 Å². The summed E-state index contributed by atoms with van der Waals surface area (Å²) in [5, 5.41) is 13.2. The Morgan fingerprint density at radius 2 is 2.19 bits per heavy atom. The molecule has 0 fully saturated rings. The molecule has 0 radical (unpaired) electrons. The van der Waals surface area contributed by atoms with Gasteiger partial charge in [-0.15, -0.1) is 11.3 Å². The summed E-state index contributed by atoms with van der Waals surface area (Å²) < 4.78 is 1.99. The van der Waals surface area contributed by atoms with E-state index in [2.05, 4.69) is 34.9 Å². The molecule has 3 aromatic heterocycles. The topological polar surface area (TPSA) is 67.4 Å². The Hall–Kier alpha value is -2.26. The number of hydrogen-bond acceptors (Lipinski definition) is 5. The van der Waals surface area contributed by atoms with E-state index in [1.165, 1.54) is 0 Å². The number of rotatable bonds is 3. The number of nitrogens with zero attached hydrogens (tertiary/aromatic N) is 5. The molecule has 21 heavy (non-hydrogen) atoms. The number of aryl methyl sites for hydroxylation is 1. The van der Waals surface area contributed by atoms with E-state index in [4.69, 9.17) is 0 Å². The Balaban J connectivity index is 2.25. The van der Waals surface area contributed by atoms with Crippen LogP contribution in [0.5, 0.6) is 0 Å². The van der Waals surface area contributed by atoms with Crippen molar-refractivity contribution in [3.05, 3.63) is 39.9 Å². The lowest BCUT2D eigenvalue weighted by Crippen LogP contribution is -2.03. The highest BCUT2D eigenvalue weighted by Crippen LogP contribution is 2.28. The summed E-state index contributed by atoms with van der Waals surface area (Å²) in [6.45, 7) is 6.68. The summed E-state index contributed by atoms with van der Waals surface area (Å²) in [5.74, 6) is 0.978. The second-order valence-corrected chi connectivity index (χ2v) is 6.20. The highest BCUT2D eigenvalue weighted by molar-refractivity contribution is 7.09. The van der Waals surface area contributed by atoms with Gasteiger partial charge in [0, 0.05) is 17.8 Å². The van der Waals surface area contributed by atoms with Gasteiger partial charge >= 0.3 is 0 Å². The average molecular weight is 297 g/mol. The standard InChI is InChI=1S/C15H15N5S/c1-9(2)14-13-11(6-16)7-20(8-12-17-4-5-21-12)15(13)19-10(3)18-14/h4-5,7,9H,8H2,1-3H3. The quantitative estimate of drug-likeness (QED) is 0.744. The van der Waals surface area contributed by atoms with Gasteiger partial charge in [0.05, 0.1) is 23.2 Å². The minimum atomic E-state index is 0.247. The maximum atomic E-state index is 9.42. The van der Waals surface area contributed by atoms with Crippen molar-refractivity contribution in [2.24, 2.45) is 0 Å². The van der Waals surface area contributed by atoms with Crippen LogP contribution in [0.25, 0.3) is 11.0 Å². The van der Waals surface area contributed by atoms with Crippen molar-refractivity contribution in [3.63, 3.8) is 0 Å². The van der Waals surface area contributed by atoms with E-state index >= 15 is 0 Å². The number of fused-ring (bicyclic) bond motifs is 1. The van der Waals surface area contributed by atoms with Crippen molar-refractivity contribution >= 4 is 22.4 Å². The molecule has 0 aliphatic carbocycles. The number of aromatic nitrogens is 4. The lowest BCUT2D eigenvalue weighted by Gasteiger charge is -2.09. The van der Waals surface area contributed by atoms with E-state index < -0.39 is 0 Å². The fourth-order valence-corrected chi connectivity index (χ4v) is 3.04. The van der Waals surface area contributed by atoms with Crippen LogP contribution in [0, 0.1) is 18.3 Å². The van der Waals surface area contributed by atoms with Crippen molar-refractivity contribution in [1.82, 2.24) is 19.5 Å². The Bertz CT molecular complexity index is 824. The lowest BCUT2D eigenvalue weighted by molar-refractivity contribution is 0.793. The van der Waals surface area contributed by atoms with Gasteiger partial charge in [0.2, 0.25) is 0 Å². The number of nitriles is 1. The monoisotopic (exact) mass is 297 g/mol. The van der Waals surface area contributed by atoms with Crippen LogP contribution >= 0.6 is 11.3 Å². The van der Waals surface area contributed by atoms with Crippen LogP contribution in [-0.2, 0) is 6.54 Å². The third-order valence-corrected chi connectivity index (χ3v) is 4.08. The molecule has 0 saturated carbocycles. The van der Waals surface area contributed by atoms with Crippen LogP contribution in [-0.4, -0.2) is 19.5 Å². The molecule has 3 aromatic rings. The zero-order valence-electron chi connectivity index (χ0n) is 12.2. The molecule has 0 atom stereocenters. The van der Waals surface area contributed by atoms with E-state index in [1.807, 2.05) is 23.1 Å². The molecule has 5 nitrogen and oxygen atoms in total. The summed E-state index contributed by atoms with van der Waals surface area (Å²) >= 11 is 1.60. The first-order valence-electron chi connectivity index (χ1n) is 6.76. The molecular weight excluding hydrogens is 282 g/mol. The summed E-state index contributed by atoms with van der Waals surface area (Å²) in [7, 11) is 0. The van der Waals surface area contributed by atoms with Gasteiger partial charge in [0.15, 0.2) is 0 Å². The van der Waals surface area contributed by atoms with Crippen LogP contribution in [0.1, 0.15) is 41.9 Å². The summed E-state index contributed by atoms with van der Waals surface area (Å²) in [4.78, 5) is 13.4. The van der Waals surface area contributed by atoms with Crippen LogP contribution < -0.4 is 0 Å². The third-order valence-electron chi connectivity index (χ3n) is 3.31. The first-order valence-corrected chi connectivity index (χ1v) is 7.64. The molecule has 106 valence electrons. The van der Waals surface area contributed by atoms with Gasteiger partial charge in [-0.3, -0.25) is 0 Å². The van der Waals surface area contributed by atoms with Gasteiger partial charge in [-0.25, -0.2) is 15.0 Å². The van der Waals surface area contributed by atoms with Crippen molar-refractivity contribution in [1.29, 1.82) is 5.26 Å². The van der Waals surface area contributed by atoms with Gasteiger partial charge in [0.25, 0.3) is 0 Å². The molecule has 0 unspecified atom stereocenters. The Kier molecular flexibility index (Phi) is 3.43. The average Bonchev–Trinajstić information content (AvgIpc) is 3.06. The molecule has 3 rings (SSSR count). The predicted octanol–water partition coefficient (Wildman–Crippen LogP) is 3.24.